The van der Waals surface area contributed by atoms with Crippen molar-refractivity contribution >= 4 is 11.9 Å². The molecule has 0 aliphatic carbocycles. The average Bonchev–Trinajstić information content (AvgIpc) is 2.52. The van der Waals surface area contributed by atoms with Crippen molar-refractivity contribution in [3.05, 3.63) is 53.2 Å². The Hall–Kier alpha value is -2.69. The SMILES string of the molecule is Cc1ccc(-c2cc(C(=O)O)cc(C(=O)OCC(C)(C)C)c2)nc1. The molecule has 1 aromatic heterocycles. The van der Waals surface area contributed by atoms with E-state index in [-0.39, 0.29) is 23.1 Å². The van der Waals surface area contributed by atoms with Crippen LogP contribution in [0.2, 0.25) is 0 Å². The molecule has 0 aliphatic rings. The van der Waals surface area contributed by atoms with E-state index in [0.29, 0.717) is 11.3 Å². The van der Waals surface area contributed by atoms with Crippen molar-refractivity contribution in [2.24, 2.45) is 5.41 Å². The number of rotatable bonds is 4. The van der Waals surface area contributed by atoms with Gasteiger partial charge in [0.2, 0.25) is 0 Å². The summed E-state index contributed by atoms with van der Waals surface area (Å²) in [5, 5.41) is 9.29. The lowest BCUT2D eigenvalue weighted by Gasteiger charge is -2.18. The van der Waals surface area contributed by atoms with Crippen LogP contribution in [0.15, 0.2) is 36.5 Å². The van der Waals surface area contributed by atoms with E-state index in [9.17, 15) is 14.7 Å². The lowest BCUT2D eigenvalue weighted by molar-refractivity contribution is 0.0367. The third kappa shape index (κ3) is 4.65. The number of carboxylic acid groups (broad SMARTS) is 1. The van der Waals surface area contributed by atoms with E-state index in [1.165, 1.54) is 12.1 Å². The second kappa shape index (κ2) is 6.83. The topological polar surface area (TPSA) is 76.5 Å². The molecule has 0 bridgehead atoms. The lowest BCUT2D eigenvalue weighted by atomic mass is 9.98. The second-order valence-electron chi connectivity index (χ2n) is 6.96. The van der Waals surface area contributed by atoms with Gasteiger partial charge in [-0.3, -0.25) is 4.98 Å². The molecule has 0 unspecified atom stereocenters. The molecule has 2 rings (SSSR count). The van der Waals surface area contributed by atoms with Gasteiger partial charge in [0.1, 0.15) is 0 Å². The minimum atomic E-state index is -1.10. The maximum Gasteiger partial charge on any atom is 0.338 e. The molecular formula is C19H21NO4. The number of carboxylic acids is 1. The van der Waals surface area contributed by atoms with Gasteiger partial charge in [0.15, 0.2) is 0 Å². The summed E-state index contributed by atoms with van der Waals surface area (Å²) in [4.78, 5) is 27.9. The number of esters is 1. The molecule has 0 aliphatic heterocycles. The molecule has 5 heteroatoms. The Balaban J connectivity index is 2.39. The zero-order chi connectivity index (χ0) is 17.9. The van der Waals surface area contributed by atoms with Crippen LogP contribution in [-0.2, 0) is 4.74 Å². The standard InChI is InChI=1S/C19H21NO4/c1-12-5-6-16(20-10-12)13-7-14(17(21)22)9-15(8-13)18(23)24-11-19(2,3)4/h5-10H,11H2,1-4H3,(H,21,22). The maximum absolute atomic E-state index is 12.3. The summed E-state index contributed by atoms with van der Waals surface area (Å²) in [6.07, 6.45) is 1.69. The summed E-state index contributed by atoms with van der Waals surface area (Å²) in [5.41, 5.74) is 2.24. The van der Waals surface area contributed by atoms with Crippen molar-refractivity contribution in [1.29, 1.82) is 0 Å². The van der Waals surface area contributed by atoms with Gasteiger partial charge in [0.25, 0.3) is 0 Å². The Morgan fingerprint density at radius 1 is 1.12 bits per heavy atom. The Morgan fingerprint density at radius 3 is 2.33 bits per heavy atom. The molecule has 0 fully saturated rings. The molecule has 1 heterocycles. The highest BCUT2D eigenvalue weighted by molar-refractivity contribution is 5.96. The van der Waals surface area contributed by atoms with Crippen LogP contribution in [0.5, 0.6) is 0 Å². The largest absolute Gasteiger partial charge is 0.478 e. The van der Waals surface area contributed by atoms with E-state index in [1.54, 1.807) is 18.3 Å². The molecule has 0 atom stereocenters. The van der Waals surface area contributed by atoms with Gasteiger partial charge in [-0.15, -0.1) is 0 Å². The van der Waals surface area contributed by atoms with Crippen molar-refractivity contribution in [3.63, 3.8) is 0 Å². The van der Waals surface area contributed by atoms with Gasteiger partial charge in [-0.2, -0.15) is 0 Å². The van der Waals surface area contributed by atoms with Gasteiger partial charge in [-0.1, -0.05) is 26.8 Å². The van der Waals surface area contributed by atoms with Gasteiger partial charge in [0.05, 0.1) is 23.4 Å². The number of benzene rings is 1. The molecule has 5 nitrogen and oxygen atoms in total. The van der Waals surface area contributed by atoms with Gasteiger partial charge in [-0.25, -0.2) is 9.59 Å². The number of nitrogens with zero attached hydrogens (tertiary/aromatic N) is 1. The molecule has 0 spiro atoms. The number of aryl methyl sites for hydroxylation is 1. The van der Waals surface area contributed by atoms with Gasteiger partial charge >= 0.3 is 11.9 Å². The molecule has 0 amide bonds. The van der Waals surface area contributed by atoms with E-state index in [2.05, 4.69) is 4.98 Å². The predicted molar refractivity (Wildman–Crippen MR) is 91.1 cm³/mol. The summed E-state index contributed by atoms with van der Waals surface area (Å²) >= 11 is 0. The number of carbonyl (C=O) groups is 2. The quantitative estimate of drug-likeness (QED) is 0.860. The number of hydrogen-bond donors (Lipinski definition) is 1. The zero-order valence-corrected chi connectivity index (χ0v) is 14.3. The number of carbonyl (C=O) groups excluding carboxylic acids is 1. The van der Waals surface area contributed by atoms with Crippen molar-refractivity contribution in [2.45, 2.75) is 27.7 Å². The lowest BCUT2D eigenvalue weighted by Crippen LogP contribution is -2.18. The fraction of sp³-hybridized carbons (Fsp3) is 0.316. The van der Waals surface area contributed by atoms with Crippen molar-refractivity contribution in [3.8, 4) is 11.3 Å². The van der Waals surface area contributed by atoms with Crippen LogP contribution in [0, 0.1) is 12.3 Å². The Morgan fingerprint density at radius 2 is 1.79 bits per heavy atom. The molecule has 0 saturated heterocycles. The Kier molecular flexibility index (Phi) is 5.02. The number of ether oxygens (including phenoxy) is 1. The molecule has 1 N–H and O–H groups in total. The van der Waals surface area contributed by atoms with Gasteiger partial charge in [0, 0.05) is 11.8 Å². The highest BCUT2D eigenvalue weighted by Gasteiger charge is 2.18. The smallest absolute Gasteiger partial charge is 0.338 e. The molecule has 1 aromatic carbocycles. The fourth-order valence-electron chi connectivity index (χ4n) is 2.02. The highest BCUT2D eigenvalue weighted by Crippen LogP contribution is 2.22. The number of pyridine rings is 1. The Bertz CT molecular complexity index is 758. The zero-order valence-electron chi connectivity index (χ0n) is 14.3. The molecule has 2 aromatic rings. The van der Waals surface area contributed by atoms with Crippen molar-refractivity contribution in [2.75, 3.05) is 6.61 Å². The summed E-state index contributed by atoms with van der Waals surface area (Å²) in [6, 6.07) is 8.11. The summed E-state index contributed by atoms with van der Waals surface area (Å²) in [5.74, 6) is -1.64. The molecule has 126 valence electrons. The van der Waals surface area contributed by atoms with Gasteiger partial charge in [-0.05, 0) is 42.2 Å². The maximum atomic E-state index is 12.3. The molecule has 0 radical (unpaired) electrons. The van der Waals surface area contributed by atoms with Crippen LogP contribution in [-0.4, -0.2) is 28.6 Å². The summed E-state index contributed by atoms with van der Waals surface area (Å²) < 4.78 is 5.28. The van der Waals surface area contributed by atoms with Crippen LogP contribution >= 0.6 is 0 Å². The molecular weight excluding hydrogens is 306 g/mol. The third-order valence-electron chi connectivity index (χ3n) is 3.26. The second-order valence-corrected chi connectivity index (χ2v) is 6.96. The van der Waals surface area contributed by atoms with Crippen molar-refractivity contribution < 1.29 is 19.4 Å². The summed E-state index contributed by atoms with van der Waals surface area (Å²) in [6.45, 7) is 8.03. The summed E-state index contributed by atoms with van der Waals surface area (Å²) in [7, 11) is 0. The molecule has 0 saturated carbocycles. The first-order chi connectivity index (χ1) is 11.2. The molecule has 24 heavy (non-hydrogen) atoms. The first kappa shape index (κ1) is 17.7. The first-order valence-electron chi connectivity index (χ1n) is 7.64. The average molecular weight is 327 g/mol. The van der Waals surface area contributed by atoms with Crippen LogP contribution in [0.1, 0.15) is 47.1 Å². The number of aromatic nitrogens is 1. The van der Waals surface area contributed by atoms with E-state index < -0.39 is 11.9 Å². The number of hydrogen-bond acceptors (Lipinski definition) is 4. The fourth-order valence-corrected chi connectivity index (χ4v) is 2.02. The van der Waals surface area contributed by atoms with E-state index in [1.807, 2.05) is 33.8 Å². The first-order valence-corrected chi connectivity index (χ1v) is 7.64. The number of aromatic carboxylic acids is 1. The van der Waals surface area contributed by atoms with E-state index in [0.717, 1.165) is 5.56 Å². The normalized spacial score (nSPS) is 11.2. The predicted octanol–water partition coefficient (Wildman–Crippen LogP) is 3.96. The van der Waals surface area contributed by atoms with E-state index in [4.69, 9.17) is 4.74 Å². The van der Waals surface area contributed by atoms with Crippen molar-refractivity contribution in [1.82, 2.24) is 4.98 Å². The minimum absolute atomic E-state index is 0.0255. The van der Waals surface area contributed by atoms with E-state index >= 15 is 0 Å². The monoisotopic (exact) mass is 327 g/mol. The third-order valence-corrected chi connectivity index (χ3v) is 3.26. The van der Waals surface area contributed by atoms with Crippen LogP contribution in [0.3, 0.4) is 0 Å². The minimum Gasteiger partial charge on any atom is -0.478 e. The van der Waals surface area contributed by atoms with Crippen LogP contribution in [0.25, 0.3) is 11.3 Å². The van der Waals surface area contributed by atoms with Crippen LogP contribution in [0.4, 0.5) is 0 Å². The van der Waals surface area contributed by atoms with Gasteiger partial charge < -0.3 is 9.84 Å². The highest BCUT2D eigenvalue weighted by atomic mass is 16.5. The Labute approximate surface area is 141 Å². The van der Waals surface area contributed by atoms with Crippen LogP contribution < -0.4 is 0 Å².